The van der Waals surface area contributed by atoms with Crippen LogP contribution in [0.2, 0.25) is 0 Å². The van der Waals surface area contributed by atoms with E-state index in [4.69, 9.17) is 5.11 Å². The van der Waals surface area contributed by atoms with Crippen LogP contribution in [-0.4, -0.2) is 21.3 Å². The zero-order valence-corrected chi connectivity index (χ0v) is 7.87. The van der Waals surface area contributed by atoms with Crippen molar-refractivity contribution in [2.75, 3.05) is 0 Å². The fraction of sp³-hybridized carbons (Fsp3) is 0. The van der Waals surface area contributed by atoms with Gasteiger partial charge in [-0.3, -0.25) is 5.10 Å². The van der Waals surface area contributed by atoms with Crippen LogP contribution in [0.1, 0.15) is 10.5 Å². The Morgan fingerprint density at radius 2 is 2.06 bits per heavy atom. The number of aromatic nitrogens is 2. The standard InChI is InChI=1S/C10H6F2N2O2/c11-5-1-2-7(12)6(3-5)8-4-9(10(15)16)14-13-8/h1-4H,(H,13,14)(H,15,16). The zero-order valence-electron chi connectivity index (χ0n) is 7.87. The monoisotopic (exact) mass is 224 g/mol. The minimum Gasteiger partial charge on any atom is -0.477 e. The quantitative estimate of drug-likeness (QED) is 0.820. The fourth-order valence-electron chi connectivity index (χ4n) is 1.26. The van der Waals surface area contributed by atoms with Crippen LogP contribution in [0.15, 0.2) is 24.3 Å². The summed E-state index contributed by atoms with van der Waals surface area (Å²) in [4.78, 5) is 10.6. The summed E-state index contributed by atoms with van der Waals surface area (Å²) in [5.74, 6) is -2.49. The van der Waals surface area contributed by atoms with Gasteiger partial charge >= 0.3 is 5.97 Å². The number of benzene rings is 1. The molecule has 1 aromatic carbocycles. The van der Waals surface area contributed by atoms with E-state index in [1.807, 2.05) is 0 Å². The number of carbonyl (C=O) groups is 1. The molecule has 0 aliphatic carbocycles. The summed E-state index contributed by atoms with van der Waals surface area (Å²) in [6, 6.07) is 4.03. The maximum Gasteiger partial charge on any atom is 0.353 e. The smallest absolute Gasteiger partial charge is 0.353 e. The van der Waals surface area contributed by atoms with E-state index in [-0.39, 0.29) is 17.0 Å². The summed E-state index contributed by atoms with van der Waals surface area (Å²) in [5.41, 5.74) is -0.211. The Morgan fingerprint density at radius 1 is 1.31 bits per heavy atom. The Bertz CT molecular complexity index is 552. The second-order valence-corrected chi connectivity index (χ2v) is 3.10. The van der Waals surface area contributed by atoms with Crippen LogP contribution < -0.4 is 0 Å². The van der Waals surface area contributed by atoms with Crippen LogP contribution in [0.25, 0.3) is 11.3 Å². The van der Waals surface area contributed by atoms with E-state index in [0.29, 0.717) is 0 Å². The number of halogens is 2. The van der Waals surface area contributed by atoms with Crippen LogP contribution >= 0.6 is 0 Å². The van der Waals surface area contributed by atoms with E-state index in [1.165, 1.54) is 0 Å². The average Bonchev–Trinajstić information content (AvgIpc) is 2.70. The van der Waals surface area contributed by atoms with Crippen molar-refractivity contribution in [1.82, 2.24) is 10.2 Å². The Balaban J connectivity index is 2.50. The summed E-state index contributed by atoms with van der Waals surface area (Å²) in [5, 5.41) is 14.4. The third-order valence-electron chi connectivity index (χ3n) is 2.01. The second-order valence-electron chi connectivity index (χ2n) is 3.10. The van der Waals surface area contributed by atoms with Gasteiger partial charge < -0.3 is 5.11 Å². The van der Waals surface area contributed by atoms with E-state index in [0.717, 1.165) is 24.3 Å². The lowest BCUT2D eigenvalue weighted by molar-refractivity contribution is 0.0690. The number of aromatic carboxylic acids is 1. The summed E-state index contributed by atoms with van der Waals surface area (Å²) in [6.45, 7) is 0. The van der Waals surface area contributed by atoms with Crippen LogP contribution in [-0.2, 0) is 0 Å². The van der Waals surface area contributed by atoms with Crippen LogP contribution in [0.3, 0.4) is 0 Å². The lowest BCUT2D eigenvalue weighted by Gasteiger charge is -1.98. The average molecular weight is 224 g/mol. The predicted octanol–water partition coefficient (Wildman–Crippen LogP) is 2.05. The van der Waals surface area contributed by atoms with Crippen molar-refractivity contribution in [3.63, 3.8) is 0 Å². The molecule has 0 amide bonds. The second kappa shape index (κ2) is 3.73. The van der Waals surface area contributed by atoms with Crippen LogP contribution in [0.5, 0.6) is 0 Å². The van der Waals surface area contributed by atoms with Gasteiger partial charge in [0.1, 0.15) is 17.3 Å². The topological polar surface area (TPSA) is 66.0 Å². The number of nitrogens with zero attached hydrogens (tertiary/aromatic N) is 1. The summed E-state index contributed by atoms with van der Waals surface area (Å²) >= 11 is 0. The number of carboxylic acid groups (broad SMARTS) is 1. The third-order valence-corrected chi connectivity index (χ3v) is 2.01. The highest BCUT2D eigenvalue weighted by Crippen LogP contribution is 2.22. The maximum atomic E-state index is 13.3. The van der Waals surface area contributed by atoms with E-state index >= 15 is 0 Å². The van der Waals surface area contributed by atoms with Gasteiger partial charge in [0.25, 0.3) is 0 Å². The zero-order chi connectivity index (χ0) is 11.7. The molecular formula is C10H6F2N2O2. The molecule has 4 nitrogen and oxygen atoms in total. The number of aromatic amines is 1. The van der Waals surface area contributed by atoms with Crippen molar-refractivity contribution >= 4 is 5.97 Å². The Hall–Kier alpha value is -2.24. The van der Waals surface area contributed by atoms with Gasteiger partial charge in [-0.1, -0.05) is 0 Å². The summed E-state index contributed by atoms with van der Waals surface area (Å²) in [7, 11) is 0. The molecule has 2 rings (SSSR count). The van der Waals surface area contributed by atoms with Crippen molar-refractivity contribution in [1.29, 1.82) is 0 Å². The molecule has 2 aromatic rings. The van der Waals surface area contributed by atoms with Crippen LogP contribution in [0, 0.1) is 11.6 Å². The van der Waals surface area contributed by atoms with E-state index in [1.54, 1.807) is 0 Å². The first-order chi connectivity index (χ1) is 7.58. The van der Waals surface area contributed by atoms with Crippen molar-refractivity contribution in [2.45, 2.75) is 0 Å². The number of rotatable bonds is 2. The first-order valence-corrected chi connectivity index (χ1v) is 4.32. The largest absolute Gasteiger partial charge is 0.477 e. The molecule has 16 heavy (non-hydrogen) atoms. The van der Waals surface area contributed by atoms with E-state index in [9.17, 15) is 13.6 Å². The van der Waals surface area contributed by atoms with Gasteiger partial charge in [0.2, 0.25) is 0 Å². The number of nitrogens with one attached hydrogen (secondary N) is 1. The third kappa shape index (κ3) is 1.77. The molecule has 82 valence electrons. The number of hydrogen-bond donors (Lipinski definition) is 2. The molecule has 6 heteroatoms. The number of H-pyrrole nitrogens is 1. The molecule has 0 bridgehead atoms. The van der Waals surface area contributed by atoms with Crippen LogP contribution in [0.4, 0.5) is 8.78 Å². The highest BCUT2D eigenvalue weighted by molar-refractivity contribution is 5.86. The lowest BCUT2D eigenvalue weighted by atomic mass is 10.1. The van der Waals surface area contributed by atoms with Gasteiger partial charge in [-0.15, -0.1) is 0 Å². The molecule has 0 aliphatic rings. The molecule has 1 heterocycles. The Morgan fingerprint density at radius 3 is 2.69 bits per heavy atom. The molecule has 0 spiro atoms. The van der Waals surface area contributed by atoms with Crippen molar-refractivity contribution in [2.24, 2.45) is 0 Å². The Kier molecular flexibility index (Phi) is 2.40. The predicted molar refractivity (Wildman–Crippen MR) is 50.9 cm³/mol. The molecule has 0 radical (unpaired) electrons. The van der Waals surface area contributed by atoms with Crippen molar-refractivity contribution in [3.05, 3.63) is 41.6 Å². The lowest BCUT2D eigenvalue weighted by Crippen LogP contribution is -1.95. The molecule has 0 unspecified atom stereocenters. The normalized spacial score (nSPS) is 10.4. The maximum absolute atomic E-state index is 13.3. The van der Waals surface area contributed by atoms with Crippen molar-refractivity contribution < 1.29 is 18.7 Å². The molecular weight excluding hydrogens is 218 g/mol. The van der Waals surface area contributed by atoms with Crippen molar-refractivity contribution in [3.8, 4) is 11.3 Å². The van der Waals surface area contributed by atoms with Gasteiger partial charge in [0.05, 0.1) is 5.69 Å². The molecule has 0 fully saturated rings. The van der Waals surface area contributed by atoms with Gasteiger partial charge in [-0.05, 0) is 24.3 Å². The molecule has 0 aliphatic heterocycles. The summed E-state index contributed by atoms with van der Waals surface area (Å²) < 4.78 is 26.2. The first kappa shape index (κ1) is 10.3. The van der Waals surface area contributed by atoms with Gasteiger partial charge in [-0.25, -0.2) is 13.6 Å². The number of carboxylic acids is 1. The SMILES string of the molecule is O=C(O)c1cc(-c2cc(F)ccc2F)n[nH]1. The number of hydrogen-bond acceptors (Lipinski definition) is 2. The highest BCUT2D eigenvalue weighted by atomic mass is 19.1. The molecule has 0 atom stereocenters. The summed E-state index contributed by atoms with van der Waals surface area (Å²) in [6.07, 6.45) is 0. The fourth-order valence-corrected chi connectivity index (χ4v) is 1.26. The molecule has 2 N–H and O–H groups in total. The van der Waals surface area contributed by atoms with Gasteiger partial charge in [-0.2, -0.15) is 5.10 Å². The minimum atomic E-state index is -1.21. The van der Waals surface area contributed by atoms with E-state index in [2.05, 4.69) is 10.2 Å². The molecule has 0 saturated carbocycles. The molecule has 1 aromatic heterocycles. The molecule has 0 saturated heterocycles. The Labute approximate surface area is 88.5 Å². The van der Waals surface area contributed by atoms with Gasteiger partial charge in [0, 0.05) is 5.56 Å². The van der Waals surface area contributed by atoms with Gasteiger partial charge in [0.15, 0.2) is 0 Å². The first-order valence-electron chi connectivity index (χ1n) is 4.32. The van der Waals surface area contributed by atoms with E-state index < -0.39 is 17.6 Å². The highest BCUT2D eigenvalue weighted by Gasteiger charge is 2.13. The minimum absolute atomic E-state index is 0.0504.